The van der Waals surface area contributed by atoms with Gasteiger partial charge in [0.2, 0.25) is 5.82 Å². The number of nitrogens with one attached hydrogen (secondary N) is 1. The van der Waals surface area contributed by atoms with Crippen molar-refractivity contribution < 1.29 is 34.2 Å². The average Bonchev–Trinajstić information content (AvgIpc) is 3.64. The number of non-ortho nitro benzene ring substituents is 1. The maximum Gasteiger partial charge on any atom is 0.415 e. The lowest BCUT2D eigenvalue weighted by atomic mass is 9.94. The average molecular weight is 607 g/mol. The van der Waals surface area contributed by atoms with Crippen LogP contribution in [0.25, 0.3) is 11.2 Å². The van der Waals surface area contributed by atoms with E-state index in [1.54, 1.807) is 4.90 Å². The highest BCUT2D eigenvalue weighted by Crippen LogP contribution is 2.33. The van der Waals surface area contributed by atoms with E-state index in [0.29, 0.717) is 32.4 Å². The summed E-state index contributed by atoms with van der Waals surface area (Å²) in [4.78, 5) is 49.8. The van der Waals surface area contributed by atoms with Crippen molar-refractivity contribution in [3.05, 3.63) is 46.5 Å². The first-order valence-electron chi connectivity index (χ1n) is 14.2. The number of hydrogen-bond acceptors (Lipinski definition) is 12. The van der Waals surface area contributed by atoms with Crippen molar-refractivity contribution in [3.63, 3.8) is 0 Å². The van der Waals surface area contributed by atoms with Gasteiger partial charge in [-0.1, -0.05) is 5.92 Å². The summed E-state index contributed by atoms with van der Waals surface area (Å²) < 4.78 is 12.5. The van der Waals surface area contributed by atoms with Crippen molar-refractivity contribution >= 4 is 34.7 Å². The van der Waals surface area contributed by atoms with E-state index in [9.17, 15) is 29.9 Å². The number of piperidine rings is 1. The number of anilines is 1. The number of ether oxygens (including phenoxy) is 2. The van der Waals surface area contributed by atoms with E-state index >= 15 is 0 Å². The van der Waals surface area contributed by atoms with Gasteiger partial charge in [-0.2, -0.15) is 0 Å². The third-order valence-electron chi connectivity index (χ3n) is 7.86. The molecule has 1 aliphatic carbocycles. The Bertz CT molecular complexity index is 1640. The molecule has 4 atom stereocenters. The summed E-state index contributed by atoms with van der Waals surface area (Å²) in [6, 6.07) is 5.39. The van der Waals surface area contributed by atoms with E-state index in [1.807, 2.05) is 0 Å². The maximum atomic E-state index is 12.5. The Morgan fingerprint density at radius 2 is 1.86 bits per heavy atom. The Morgan fingerprint density at radius 1 is 1.14 bits per heavy atom. The standard InChI is InChI=1S/C28H30N8O8/c29-24-20-25(35(14-30-20)27-22(38)21(37)23(44-27)26(39)31-16-4-5-16)33-19(32-24)3-1-2-15-10-12-34(13-11-15)28(40)43-18-8-6-17(7-9-18)36(41)42/h6-9,14-16,21-23,27,37-38H,2,4-5,10-13H2,(H,31,39)(H2,29,32,33). The van der Waals surface area contributed by atoms with Crippen molar-refractivity contribution in [2.75, 3.05) is 18.8 Å². The number of amides is 2. The number of aliphatic hydroxyl groups excluding tert-OH is 2. The van der Waals surface area contributed by atoms with Crippen molar-refractivity contribution in [1.29, 1.82) is 0 Å². The molecule has 1 saturated carbocycles. The molecule has 0 radical (unpaired) electrons. The molecule has 16 heteroatoms. The normalized spacial score (nSPS) is 23.6. The van der Waals surface area contributed by atoms with Gasteiger partial charge in [-0.15, -0.1) is 0 Å². The van der Waals surface area contributed by atoms with E-state index in [0.717, 1.165) is 12.8 Å². The van der Waals surface area contributed by atoms with Crippen LogP contribution in [0.5, 0.6) is 5.75 Å². The van der Waals surface area contributed by atoms with Gasteiger partial charge in [0, 0.05) is 37.7 Å². The Labute approximate surface area is 250 Å². The van der Waals surface area contributed by atoms with Crippen molar-refractivity contribution in [1.82, 2.24) is 29.7 Å². The van der Waals surface area contributed by atoms with E-state index in [1.165, 1.54) is 35.2 Å². The quantitative estimate of drug-likeness (QED) is 0.174. The maximum absolute atomic E-state index is 12.5. The van der Waals surface area contributed by atoms with Gasteiger partial charge in [-0.05, 0) is 49.7 Å². The van der Waals surface area contributed by atoms with Crippen LogP contribution >= 0.6 is 0 Å². The molecule has 5 N–H and O–H groups in total. The Hall–Kier alpha value is -4.85. The number of nitrogen functional groups attached to an aromatic ring is 1. The molecule has 44 heavy (non-hydrogen) atoms. The minimum absolute atomic E-state index is 0.0655. The van der Waals surface area contributed by atoms with Crippen LogP contribution in [0, 0.1) is 27.9 Å². The number of benzene rings is 1. The molecule has 6 rings (SSSR count). The molecule has 2 saturated heterocycles. The van der Waals surface area contributed by atoms with Gasteiger partial charge in [-0.3, -0.25) is 19.5 Å². The molecule has 2 amide bonds. The highest BCUT2D eigenvalue weighted by Gasteiger charge is 2.48. The number of nitro benzene ring substituents is 1. The molecule has 16 nitrogen and oxygen atoms in total. The number of rotatable bonds is 6. The van der Waals surface area contributed by atoms with Crippen LogP contribution < -0.4 is 15.8 Å². The van der Waals surface area contributed by atoms with Gasteiger partial charge in [0.25, 0.3) is 11.6 Å². The molecular formula is C28H30N8O8. The lowest BCUT2D eigenvalue weighted by Gasteiger charge is -2.30. The molecule has 3 fully saturated rings. The van der Waals surface area contributed by atoms with Crippen LogP contribution in [0.4, 0.5) is 16.3 Å². The Kier molecular flexibility index (Phi) is 7.99. The van der Waals surface area contributed by atoms with Crippen LogP contribution in [0.15, 0.2) is 30.6 Å². The van der Waals surface area contributed by atoms with Crippen LogP contribution in [0.1, 0.15) is 44.2 Å². The second kappa shape index (κ2) is 12.0. The third kappa shape index (κ3) is 6.11. The summed E-state index contributed by atoms with van der Waals surface area (Å²) in [6.45, 7) is 0.948. The molecule has 1 aromatic carbocycles. The molecule has 4 unspecified atom stereocenters. The molecule has 3 aliphatic rings. The number of imidazole rings is 1. The largest absolute Gasteiger partial charge is 0.415 e. The van der Waals surface area contributed by atoms with Gasteiger partial charge in [0.05, 0.1) is 11.3 Å². The van der Waals surface area contributed by atoms with Crippen molar-refractivity contribution in [3.8, 4) is 17.6 Å². The van der Waals surface area contributed by atoms with Crippen molar-refractivity contribution in [2.24, 2.45) is 5.92 Å². The van der Waals surface area contributed by atoms with E-state index in [2.05, 4.69) is 32.1 Å². The number of carbonyl (C=O) groups excluding carboxylic acids is 2. The Balaban J connectivity index is 1.06. The smallest absolute Gasteiger partial charge is 0.410 e. The van der Waals surface area contributed by atoms with E-state index in [4.69, 9.17) is 15.2 Å². The second-order valence-corrected chi connectivity index (χ2v) is 11.0. The first-order chi connectivity index (χ1) is 21.2. The van der Waals surface area contributed by atoms with Gasteiger partial charge < -0.3 is 35.6 Å². The summed E-state index contributed by atoms with van der Waals surface area (Å²) in [5.74, 6) is 6.19. The predicted octanol–water partition coefficient (Wildman–Crippen LogP) is 0.867. The van der Waals surface area contributed by atoms with Crippen LogP contribution in [0.3, 0.4) is 0 Å². The summed E-state index contributed by atoms with van der Waals surface area (Å²) in [5.41, 5.74) is 6.52. The molecule has 4 heterocycles. The number of nitrogens with two attached hydrogens (primary N) is 1. The van der Waals surface area contributed by atoms with Crippen LogP contribution in [0.2, 0.25) is 0 Å². The number of fused-ring (bicyclic) bond motifs is 1. The number of nitrogens with zero attached hydrogens (tertiary/aromatic N) is 6. The monoisotopic (exact) mass is 606 g/mol. The molecule has 2 aromatic heterocycles. The van der Waals surface area contributed by atoms with Gasteiger partial charge in [0.1, 0.15) is 23.5 Å². The van der Waals surface area contributed by atoms with Crippen LogP contribution in [-0.4, -0.2) is 89.0 Å². The Morgan fingerprint density at radius 3 is 2.55 bits per heavy atom. The lowest BCUT2D eigenvalue weighted by molar-refractivity contribution is -0.384. The van der Waals surface area contributed by atoms with Crippen molar-refractivity contribution in [2.45, 2.75) is 62.7 Å². The van der Waals surface area contributed by atoms with E-state index < -0.39 is 41.5 Å². The van der Waals surface area contributed by atoms with Crippen LogP contribution in [-0.2, 0) is 9.53 Å². The molecule has 2 aliphatic heterocycles. The topological polar surface area (TPSA) is 221 Å². The second-order valence-electron chi connectivity index (χ2n) is 11.0. The lowest BCUT2D eigenvalue weighted by Crippen LogP contribution is -2.43. The summed E-state index contributed by atoms with van der Waals surface area (Å²) in [6.07, 6.45) is -0.721. The minimum atomic E-state index is -1.44. The number of carbonyl (C=O) groups is 2. The summed E-state index contributed by atoms with van der Waals surface area (Å²) >= 11 is 0. The number of hydrogen-bond donors (Lipinski definition) is 4. The molecule has 230 valence electrons. The number of aromatic nitrogens is 4. The fourth-order valence-electron chi connectivity index (χ4n) is 5.19. The van der Waals surface area contributed by atoms with Gasteiger partial charge in [0.15, 0.2) is 23.8 Å². The molecular weight excluding hydrogens is 576 g/mol. The first kappa shape index (κ1) is 29.2. The molecule has 0 spiro atoms. The number of aliphatic hydroxyl groups is 2. The minimum Gasteiger partial charge on any atom is -0.410 e. The zero-order chi connectivity index (χ0) is 31.0. The fraction of sp³-hybridized carbons (Fsp3) is 0.464. The van der Waals surface area contributed by atoms with Gasteiger partial charge >= 0.3 is 6.09 Å². The molecule has 3 aromatic rings. The van der Waals surface area contributed by atoms with Gasteiger partial charge in [-0.25, -0.2) is 19.7 Å². The summed E-state index contributed by atoms with van der Waals surface area (Å²) in [7, 11) is 0. The highest BCUT2D eigenvalue weighted by molar-refractivity contribution is 5.83. The number of nitro groups is 1. The zero-order valence-electron chi connectivity index (χ0n) is 23.4. The first-order valence-corrected chi connectivity index (χ1v) is 14.2. The molecule has 0 bridgehead atoms. The SMILES string of the molecule is Nc1nc(C#CCC2CCN(C(=O)Oc3ccc([N+](=O)[O-])cc3)CC2)nc2c1ncn2C1OC(C(=O)NC2CC2)C(O)C1O. The van der Waals surface area contributed by atoms with E-state index in [-0.39, 0.29) is 46.2 Å². The fourth-order valence-corrected chi connectivity index (χ4v) is 5.19. The highest BCUT2D eigenvalue weighted by atomic mass is 16.6. The number of likely N-dealkylation sites (tertiary alicyclic amines) is 1. The third-order valence-corrected chi connectivity index (χ3v) is 7.86. The summed E-state index contributed by atoms with van der Waals surface area (Å²) in [5, 5.41) is 34.7. The zero-order valence-corrected chi connectivity index (χ0v) is 23.4. The predicted molar refractivity (Wildman–Crippen MR) is 152 cm³/mol.